The quantitative estimate of drug-likeness (QED) is 0.887. The number of thiophene rings is 1. The number of ether oxygens (including phenoxy) is 1. The molecule has 21 heavy (non-hydrogen) atoms. The van der Waals surface area contributed by atoms with Crippen LogP contribution in [0.25, 0.3) is 0 Å². The van der Waals surface area contributed by atoms with Crippen LogP contribution in [0, 0.1) is 0 Å². The zero-order valence-corrected chi connectivity index (χ0v) is 12.9. The summed E-state index contributed by atoms with van der Waals surface area (Å²) in [6, 6.07) is 4.26. The lowest BCUT2D eigenvalue weighted by atomic mass is 10.0. The van der Waals surface area contributed by atoms with Crippen molar-refractivity contribution in [2.75, 3.05) is 39.4 Å². The zero-order valence-electron chi connectivity index (χ0n) is 12.1. The van der Waals surface area contributed by atoms with E-state index in [0.29, 0.717) is 25.8 Å². The van der Waals surface area contributed by atoms with E-state index in [2.05, 4.69) is 4.90 Å². The molecule has 116 valence electrons. The topological polar surface area (TPSA) is 53.0 Å². The maximum Gasteiger partial charge on any atom is 0.263 e. The first-order valence-corrected chi connectivity index (χ1v) is 8.44. The van der Waals surface area contributed by atoms with Gasteiger partial charge in [-0.1, -0.05) is 6.07 Å². The second kappa shape index (κ2) is 6.87. The molecule has 3 heterocycles. The second-order valence-corrected chi connectivity index (χ2v) is 6.67. The van der Waals surface area contributed by atoms with Crippen LogP contribution in [0.2, 0.25) is 0 Å². The third kappa shape index (κ3) is 3.63. The monoisotopic (exact) mass is 310 g/mol. The molecule has 0 aromatic carbocycles. The Morgan fingerprint density at radius 2 is 2.14 bits per heavy atom. The van der Waals surface area contributed by atoms with E-state index < -0.39 is 6.10 Å². The third-order valence-corrected chi connectivity index (χ3v) is 5.14. The Labute approximate surface area is 129 Å². The van der Waals surface area contributed by atoms with Crippen molar-refractivity contribution in [1.82, 2.24) is 9.80 Å². The van der Waals surface area contributed by atoms with Crippen molar-refractivity contribution >= 4 is 17.2 Å². The van der Waals surface area contributed by atoms with Crippen LogP contribution in [0.5, 0.6) is 0 Å². The summed E-state index contributed by atoms with van der Waals surface area (Å²) in [6.07, 6.45) is 1.56. The van der Waals surface area contributed by atoms with Crippen molar-refractivity contribution < 1.29 is 14.6 Å². The fourth-order valence-corrected chi connectivity index (χ4v) is 3.83. The molecule has 1 aromatic heterocycles. The summed E-state index contributed by atoms with van der Waals surface area (Å²) in [4.78, 5) is 17.4. The number of likely N-dealkylation sites (tertiary alicyclic amines) is 1. The lowest BCUT2D eigenvalue weighted by Gasteiger charge is -2.38. The van der Waals surface area contributed by atoms with Crippen LogP contribution >= 0.6 is 11.3 Å². The first kappa shape index (κ1) is 15.0. The van der Waals surface area contributed by atoms with Gasteiger partial charge in [-0.05, 0) is 24.3 Å². The van der Waals surface area contributed by atoms with Crippen LogP contribution in [0.1, 0.15) is 22.5 Å². The number of carbonyl (C=O) groups excluding carboxylic acids is 1. The van der Waals surface area contributed by atoms with Crippen molar-refractivity contribution in [3.63, 3.8) is 0 Å². The summed E-state index contributed by atoms with van der Waals surface area (Å²) >= 11 is 1.51. The molecule has 0 saturated carbocycles. The molecule has 2 fully saturated rings. The zero-order chi connectivity index (χ0) is 14.7. The summed E-state index contributed by atoms with van der Waals surface area (Å²) in [7, 11) is 0. The third-order valence-electron chi connectivity index (χ3n) is 4.28. The van der Waals surface area contributed by atoms with Crippen LogP contribution in [-0.4, -0.2) is 72.4 Å². The molecule has 2 saturated heterocycles. The van der Waals surface area contributed by atoms with Gasteiger partial charge in [0.1, 0.15) is 0 Å². The van der Waals surface area contributed by atoms with E-state index in [9.17, 15) is 9.90 Å². The van der Waals surface area contributed by atoms with Crippen molar-refractivity contribution in [2.45, 2.75) is 25.0 Å². The lowest BCUT2D eigenvalue weighted by molar-refractivity contribution is 0.0466. The fourth-order valence-electron chi connectivity index (χ4n) is 3.14. The first-order chi connectivity index (χ1) is 10.2. The van der Waals surface area contributed by atoms with E-state index in [1.165, 1.54) is 11.3 Å². The van der Waals surface area contributed by atoms with Gasteiger partial charge < -0.3 is 14.7 Å². The van der Waals surface area contributed by atoms with Crippen LogP contribution in [0.3, 0.4) is 0 Å². The minimum atomic E-state index is -0.390. The average molecular weight is 310 g/mol. The summed E-state index contributed by atoms with van der Waals surface area (Å²) in [5.41, 5.74) is 0. The van der Waals surface area contributed by atoms with Crippen LogP contribution < -0.4 is 0 Å². The molecule has 6 heteroatoms. The minimum absolute atomic E-state index is 0.155. The normalized spacial score (nSPS) is 25.8. The Morgan fingerprint density at radius 1 is 1.33 bits per heavy atom. The Morgan fingerprint density at radius 3 is 2.86 bits per heavy atom. The Balaban J connectivity index is 1.54. The van der Waals surface area contributed by atoms with Crippen LogP contribution in [-0.2, 0) is 4.74 Å². The molecule has 0 spiro atoms. The number of aliphatic hydroxyl groups is 1. The van der Waals surface area contributed by atoms with E-state index in [0.717, 1.165) is 37.4 Å². The van der Waals surface area contributed by atoms with Gasteiger partial charge >= 0.3 is 0 Å². The van der Waals surface area contributed by atoms with Crippen LogP contribution in [0.15, 0.2) is 17.5 Å². The van der Waals surface area contributed by atoms with Gasteiger partial charge in [0.2, 0.25) is 0 Å². The van der Waals surface area contributed by atoms with Crippen molar-refractivity contribution in [1.29, 1.82) is 0 Å². The summed E-state index contributed by atoms with van der Waals surface area (Å²) < 4.78 is 5.38. The van der Waals surface area contributed by atoms with Gasteiger partial charge in [0.15, 0.2) is 0 Å². The minimum Gasteiger partial charge on any atom is -0.389 e. The van der Waals surface area contributed by atoms with Crippen molar-refractivity contribution in [2.24, 2.45) is 0 Å². The molecule has 1 amide bonds. The number of β-amino-alcohol motifs (C(OH)–C–C–N with tert-alkyl or cyclic N) is 1. The number of aliphatic hydroxyl groups excluding tert-OH is 1. The molecule has 1 aromatic rings. The number of hydrogen-bond acceptors (Lipinski definition) is 5. The van der Waals surface area contributed by atoms with Gasteiger partial charge in [0.25, 0.3) is 5.91 Å². The first-order valence-electron chi connectivity index (χ1n) is 7.56. The maximum atomic E-state index is 12.3. The van der Waals surface area contributed by atoms with Gasteiger partial charge in [-0.25, -0.2) is 0 Å². The largest absolute Gasteiger partial charge is 0.389 e. The highest BCUT2D eigenvalue weighted by Gasteiger charge is 2.29. The Bertz CT molecular complexity index is 457. The number of amides is 1. The van der Waals surface area contributed by atoms with Crippen LogP contribution in [0.4, 0.5) is 0 Å². The van der Waals surface area contributed by atoms with E-state index in [4.69, 9.17) is 4.74 Å². The molecule has 0 bridgehead atoms. The molecular weight excluding hydrogens is 288 g/mol. The number of nitrogens with zero attached hydrogens (tertiary/aromatic N) is 2. The highest BCUT2D eigenvalue weighted by atomic mass is 32.1. The summed E-state index contributed by atoms with van der Waals surface area (Å²) in [6.45, 7) is 4.28. The molecule has 5 nitrogen and oxygen atoms in total. The second-order valence-electron chi connectivity index (χ2n) is 5.72. The summed E-state index contributed by atoms with van der Waals surface area (Å²) in [5.74, 6) is 0.155. The molecule has 0 aliphatic carbocycles. The molecular formula is C15H22N2O3S. The van der Waals surface area contributed by atoms with Crippen molar-refractivity contribution in [3.8, 4) is 0 Å². The van der Waals surface area contributed by atoms with E-state index in [-0.39, 0.29) is 5.91 Å². The Hall–Kier alpha value is -0.950. The Kier molecular flexibility index (Phi) is 4.90. The number of hydrogen-bond donors (Lipinski definition) is 1. The molecule has 3 rings (SSSR count). The predicted molar refractivity (Wildman–Crippen MR) is 81.6 cm³/mol. The van der Waals surface area contributed by atoms with Gasteiger partial charge in [-0.15, -0.1) is 11.3 Å². The molecule has 0 radical (unpaired) electrons. The lowest BCUT2D eigenvalue weighted by Crippen LogP contribution is -2.48. The highest BCUT2D eigenvalue weighted by molar-refractivity contribution is 7.12. The highest BCUT2D eigenvalue weighted by Crippen LogP contribution is 2.21. The van der Waals surface area contributed by atoms with Crippen molar-refractivity contribution in [3.05, 3.63) is 22.4 Å². The maximum absolute atomic E-state index is 12.3. The molecule has 2 aliphatic rings. The fraction of sp³-hybridized carbons (Fsp3) is 0.667. The van der Waals surface area contributed by atoms with Gasteiger partial charge in [-0.3, -0.25) is 9.69 Å². The summed E-state index contributed by atoms with van der Waals surface area (Å²) in [5, 5.41) is 11.8. The van der Waals surface area contributed by atoms with Gasteiger partial charge in [-0.2, -0.15) is 0 Å². The predicted octanol–water partition coefficient (Wildman–Crippen LogP) is 1.05. The standard InChI is InChI=1S/C15H22N2O3S/c18-13-10-17(7-8-20-11-13)12-3-5-16(6-4-12)15(19)14-2-1-9-21-14/h1-2,9,12-13,18H,3-8,10-11H2/t13-/m0/s1. The van der Waals surface area contributed by atoms with Gasteiger partial charge in [0, 0.05) is 32.2 Å². The average Bonchev–Trinajstić information content (AvgIpc) is 2.96. The smallest absolute Gasteiger partial charge is 0.263 e. The number of piperidine rings is 1. The number of carbonyl (C=O) groups is 1. The van der Waals surface area contributed by atoms with E-state index >= 15 is 0 Å². The van der Waals surface area contributed by atoms with Gasteiger partial charge in [0.05, 0.1) is 24.2 Å². The van der Waals surface area contributed by atoms with E-state index in [1.807, 2.05) is 22.4 Å². The molecule has 0 unspecified atom stereocenters. The molecule has 1 atom stereocenters. The van der Waals surface area contributed by atoms with E-state index in [1.54, 1.807) is 0 Å². The molecule has 1 N–H and O–H groups in total. The number of rotatable bonds is 2. The SMILES string of the molecule is O=C(c1cccs1)N1CCC(N2CCOC[C@@H](O)C2)CC1. The molecule has 2 aliphatic heterocycles.